The first-order valence-electron chi connectivity index (χ1n) is 24.3. The molecule has 8 bridgehead atoms. The molecule has 0 fully saturated rings. The average molecular weight is 915 g/mol. The third-order valence-electron chi connectivity index (χ3n) is 13.3. The number of carbonyl (C=O) groups excluding carboxylic acids is 3. The van der Waals surface area contributed by atoms with Crippen LogP contribution in [-0.4, -0.2) is 77.5 Å². The van der Waals surface area contributed by atoms with Gasteiger partial charge in [-0.1, -0.05) is 65.7 Å². The fourth-order valence-electron chi connectivity index (χ4n) is 9.22. The summed E-state index contributed by atoms with van der Waals surface area (Å²) in [5.41, 5.74) is 15.6. The van der Waals surface area contributed by atoms with Gasteiger partial charge in [-0.2, -0.15) is 0 Å². The maximum Gasteiger partial charge on any atom is 0.329 e. The number of ether oxygens (including phenoxy) is 1. The van der Waals surface area contributed by atoms with Crippen LogP contribution in [0.4, 0.5) is 0 Å². The Balaban J connectivity index is 1.24. The number of aromatic nitrogens is 6. The number of amides is 2. The zero-order valence-corrected chi connectivity index (χ0v) is 40.8. The highest BCUT2D eigenvalue weighted by Crippen LogP contribution is 2.38. The standard InChI is InChI=1S/C53H70N8O6/c1-9-12-13-14-15-16-17-18-23-67-53(66)49(24-36-29-54-30-55-36)61-52(65)35(8)56-50(62)21-19-39-33(6)44-27-46-38(11-3)32(5)43(58-46)26-45-37(10-2)31(4)41(57-45)25-42-34(7)40(20-22-51(63)64)48(59-42)28-47(39)60-44/h25-30,35,49,57-58H,9-24H2,1-8H3,(H,54,55)(H,56,62)(H,61,65)(H,63,64). The molecular formula is C53H70N8O6. The van der Waals surface area contributed by atoms with Gasteiger partial charge in [0.25, 0.3) is 0 Å². The monoisotopic (exact) mass is 915 g/mol. The lowest BCUT2D eigenvalue weighted by Crippen LogP contribution is -2.51. The van der Waals surface area contributed by atoms with Crippen LogP contribution in [0.25, 0.3) is 44.4 Å². The van der Waals surface area contributed by atoms with E-state index < -0.39 is 29.9 Å². The summed E-state index contributed by atoms with van der Waals surface area (Å²) in [6.45, 7) is 16.6. The lowest BCUT2D eigenvalue weighted by Gasteiger charge is -2.20. The Kier molecular flexibility index (Phi) is 17.5. The average Bonchev–Trinajstić information content (AvgIpc) is 4.10. The summed E-state index contributed by atoms with van der Waals surface area (Å²) in [6, 6.07) is 6.29. The van der Waals surface area contributed by atoms with Crippen molar-refractivity contribution in [1.29, 1.82) is 0 Å². The molecule has 2 aliphatic heterocycles. The van der Waals surface area contributed by atoms with E-state index in [4.69, 9.17) is 14.7 Å². The van der Waals surface area contributed by atoms with Crippen LogP contribution in [0.15, 0.2) is 36.8 Å². The summed E-state index contributed by atoms with van der Waals surface area (Å²) in [4.78, 5) is 77.1. The van der Waals surface area contributed by atoms with Crippen LogP contribution in [0, 0.1) is 13.8 Å². The number of carboxylic acids is 1. The molecule has 2 atom stereocenters. The van der Waals surface area contributed by atoms with Crippen LogP contribution in [-0.2, 0) is 43.2 Å². The lowest BCUT2D eigenvalue weighted by molar-refractivity contribution is -0.148. The van der Waals surface area contributed by atoms with Gasteiger partial charge in [0.1, 0.15) is 12.1 Å². The first kappa shape index (κ1) is 50.1. The molecule has 6 rings (SSSR count). The molecule has 0 saturated heterocycles. The molecular weight excluding hydrogens is 845 g/mol. The summed E-state index contributed by atoms with van der Waals surface area (Å²) in [7, 11) is 0. The maximum atomic E-state index is 13.7. The van der Waals surface area contributed by atoms with Gasteiger partial charge in [0.15, 0.2) is 0 Å². The number of unbranched alkanes of at least 4 members (excludes halogenated alkanes) is 7. The van der Waals surface area contributed by atoms with Gasteiger partial charge < -0.3 is 35.4 Å². The van der Waals surface area contributed by atoms with Crippen molar-refractivity contribution in [2.24, 2.45) is 0 Å². The fraction of sp³-hybridized carbons (Fsp3) is 0.491. The second-order valence-corrected chi connectivity index (χ2v) is 18.0. The molecule has 0 saturated carbocycles. The molecule has 358 valence electrons. The molecule has 14 nitrogen and oxygen atoms in total. The van der Waals surface area contributed by atoms with E-state index in [-0.39, 0.29) is 38.2 Å². The number of carboxylic acid groups (broad SMARTS) is 1. The molecule has 67 heavy (non-hydrogen) atoms. The number of aryl methyl sites for hydroxylation is 4. The molecule has 2 unspecified atom stereocenters. The number of esters is 1. The Bertz CT molecular complexity index is 2670. The number of aliphatic carboxylic acids is 1. The van der Waals surface area contributed by atoms with Crippen LogP contribution in [0.3, 0.4) is 0 Å². The number of allylic oxidation sites excluding steroid dienone is 4. The normalized spacial score (nSPS) is 13.5. The zero-order valence-electron chi connectivity index (χ0n) is 40.8. The van der Waals surface area contributed by atoms with Crippen LogP contribution in [0.1, 0.15) is 169 Å². The highest BCUT2D eigenvalue weighted by atomic mass is 16.5. The summed E-state index contributed by atoms with van der Waals surface area (Å²) < 4.78 is 5.63. The molecule has 0 aromatic carbocycles. The van der Waals surface area contributed by atoms with Crippen molar-refractivity contribution < 1.29 is 29.0 Å². The Hall–Kier alpha value is -6.31. The quantitative estimate of drug-likeness (QED) is 0.0309. The minimum Gasteiger partial charge on any atom is -0.481 e. The molecule has 2 amide bonds. The first-order chi connectivity index (χ1) is 32.2. The highest BCUT2D eigenvalue weighted by molar-refractivity contribution is 5.97. The molecule has 6 heterocycles. The van der Waals surface area contributed by atoms with Crippen molar-refractivity contribution in [2.75, 3.05) is 6.61 Å². The van der Waals surface area contributed by atoms with Gasteiger partial charge in [0.05, 0.1) is 35.7 Å². The number of imidazole rings is 1. The minimum atomic E-state index is -0.971. The number of hydrogen-bond donors (Lipinski definition) is 6. The summed E-state index contributed by atoms with van der Waals surface area (Å²) >= 11 is 0. The number of aromatic amines is 3. The molecule has 4 aromatic heterocycles. The van der Waals surface area contributed by atoms with Crippen molar-refractivity contribution in [1.82, 2.24) is 40.5 Å². The Morgan fingerprint density at radius 2 is 1.24 bits per heavy atom. The van der Waals surface area contributed by atoms with Crippen LogP contribution >= 0.6 is 0 Å². The second kappa shape index (κ2) is 23.4. The third kappa shape index (κ3) is 12.6. The maximum absolute atomic E-state index is 13.7. The number of hydrogen-bond acceptors (Lipinski definition) is 8. The zero-order chi connectivity index (χ0) is 48.2. The largest absolute Gasteiger partial charge is 0.481 e. The lowest BCUT2D eigenvalue weighted by atomic mass is 9.98. The number of H-pyrrole nitrogens is 3. The van der Waals surface area contributed by atoms with Gasteiger partial charge in [-0.25, -0.2) is 19.7 Å². The summed E-state index contributed by atoms with van der Waals surface area (Å²) in [5.74, 6) is -2.29. The minimum absolute atomic E-state index is 0.0515. The summed E-state index contributed by atoms with van der Waals surface area (Å²) in [6.07, 6.45) is 14.4. The SMILES string of the molecule is CCCCCCCCCCOC(=O)C(Cc1cnc[nH]1)NC(=O)C(C)NC(=O)CCC1=C(C)c2cc3[nH]c(cc4[nH]c(cc5nc(cc1n2)C(CCC(=O)O)=C5C)c(C)c4CC)c(C)c3CC. The number of nitrogens with one attached hydrogen (secondary N) is 5. The van der Waals surface area contributed by atoms with E-state index in [0.29, 0.717) is 23.5 Å². The molecule has 0 spiro atoms. The van der Waals surface area contributed by atoms with Crippen molar-refractivity contribution in [3.05, 3.63) is 87.5 Å². The fourth-order valence-corrected chi connectivity index (χ4v) is 9.22. The molecule has 6 N–H and O–H groups in total. The van der Waals surface area contributed by atoms with Crippen molar-refractivity contribution in [3.8, 4) is 0 Å². The summed E-state index contributed by atoms with van der Waals surface area (Å²) in [5, 5.41) is 15.4. The van der Waals surface area contributed by atoms with E-state index >= 15 is 0 Å². The number of nitrogens with zero attached hydrogens (tertiary/aromatic N) is 3. The van der Waals surface area contributed by atoms with Gasteiger partial charge in [-0.05, 0) is 136 Å². The van der Waals surface area contributed by atoms with E-state index in [2.05, 4.69) is 77.3 Å². The van der Waals surface area contributed by atoms with Gasteiger partial charge in [0.2, 0.25) is 11.8 Å². The van der Waals surface area contributed by atoms with Crippen LogP contribution in [0.2, 0.25) is 0 Å². The van der Waals surface area contributed by atoms with E-state index in [1.54, 1.807) is 13.1 Å². The van der Waals surface area contributed by atoms with Crippen LogP contribution in [0.5, 0.6) is 0 Å². The van der Waals surface area contributed by atoms with Gasteiger partial charge in [-0.15, -0.1) is 0 Å². The highest BCUT2D eigenvalue weighted by Gasteiger charge is 2.28. The Labute approximate surface area is 394 Å². The van der Waals surface area contributed by atoms with Crippen molar-refractivity contribution >= 4 is 68.1 Å². The predicted molar refractivity (Wildman–Crippen MR) is 266 cm³/mol. The number of fused-ring (bicyclic) bond motifs is 8. The Morgan fingerprint density at radius 3 is 1.81 bits per heavy atom. The predicted octanol–water partition coefficient (Wildman–Crippen LogP) is 10.2. The van der Waals surface area contributed by atoms with Crippen LogP contribution < -0.4 is 10.6 Å². The molecule has 4 aromatic rings. The smallest absolute Gasteiger partial charge is 0.329 e. The van der Waals surface area contributed by atoms with Gasteiger partial charge in [0, 0.05) is 53.2 Å². The molecule has 14 heteroatoms. The first-order valence-corrected chi connectivity index (χ1v) is 24.3. The van der Waals surface area contributed by atoms with E-state index in [0.717, 1.165) is 99.0 Å². The second-order valence-electron chi connectivity index (χ2n) is 18.0. The molecule has 2 aliphatic rings. The van der Waals surface area contributed by atoms with Gasteiger partial charge in [-0.3, -0.25) is 14.4 Å². The third-order valence-corrected chi connectivity index (χ3v) is 13.3. The van der Waals surface area contributed by atoms with Gasteiger partial charge >= 0.3 is 11.9 Å². The van der Waals surface area contributed by atoms with E-state index in [1.165, 1.54) is 49.6 Å². The van der Waals surface area contributed by atoms with Crippen molar-refractivity contribution in [2.45, 2.75) is 164 Å². The molecule has 0 aliphatic carbocycles. The topological polar surface area (TPSA) is 208 Å². The number of carbonyl (C=O) groups is 4. The van der Waals surface area contributed by atoms with Crippen molar-refractivity contribution in [3.63, 3.8) is 0 Å². The number of rotatable bonds is 23. The molecule has 0 radical (unpaired) electrons. The van der Waals surface area contributed by atoms with E-state index in [1.807, 2.05) is 26.0 Å². The Morgan fingerprint density at radius 1 is 0.687 bits per heavy atom. The van der Waals surface area contributed by atoms with E-state index in [9.17, 15) is 24.3 Å².